The normalized spacial score (nSPS) is 15.5. The number of rotatable bonds is 7. The first-order valence-electron chi connectivity index (χ1n) is 7.37. The summed E-state index contributed by atoms with van der Waals surface area (Å²) in [5.41, 5.74) is -2.21. The highest BCUT2D eigenvalue weighted by atomic mass is 19.4. The van der Waals surface area contributed by atoms with Crippen molar-refractivity contribution in [3.63, 3.8) is 0 Å². The van der Waals surface area contributed by atoms with E-state index in [1.54, 1.807) is 6.92 Å². The zero-order chi connectivity index (χ0) is 20.4. The molecule has 0 aromatic heterocycles. The lowest BCUT2D eigenvalue weighted by Crippen LogP contribution is -2.54. The molecule has 0 amide bonds. The van der Waals surface area contributed by atoms with Crippen molar-refractivity contribution in [1.29, 1.82) is 0 Å². The Bertz CT molecular complexity index is 626. The number of halogens is 7. The largest absolute Gasteiger partial charge is 0.462 e. The highest BCUT2D eigenvalue weighted by molar-refractivity contribution is 5.89. The van der Waals surface area contributed by atoms with Crippen molar-refractivity contribution in [1.82, 2.24) is 0 Å². The fraction of sp³-hybridized carbons (Fsp3) is 0.562. The molecule has 148 valence electrons. The Hall–Kier alpha value is -1.84. The van der Waals surface area contributed by atoms with Crippen LogP contribution in [0.15, 0.2) is 24.3 Å². The summed E-state index contributed by atoms with van der Waals surface area (Å²) >= 11 is 0. The van der Waals surface area contributed by atoms with E-state index in [9.17, 15) is 35.5 Å². The summed E-state index contributed by atoms with van der Waals surface area (Å²) in [4.78, 5) is 11.5. The van der Waals surface area contributed by atoms with Gasteiger partial charge in [-0.3, -0.25) is 0 Å². The van der Waals surface area contributed by atoms with Gasteiger partial charge in [0.15, 0.2) is 0 Å². The van der Waals surface area contributed by atoms with E-state index in [2.05, 4.69) is 0 Å². The van der Waals surface area contributed by atoms with Gasteiger partial charge in [-0.2, -0.15) is 30.7 Å². The molecule has 0 heterocycles. The fourth-order valence-corrected chi connectivity index (χ4v) is 2.21. The second-order valence-electron chi connectivity index (χ2n) is 5.69. The van der Waals surface area contributed by atoms with Gasteiger partial charge in [0.1, 0.15) is 0 Å². The minimum absolute atomic E-state index is 0.0569. The van der Waals surface area contributed by atoms with E-state index in [4.69, 9.17) is 9.47 Å². The van der Waals surface area contributed by atoms with E-state index in [0.717, 1.165) is 26.2 Å². The first-order valence-corrected chi connectivity index (χ1v) is 7.37. The predicted molar refractivity (Wildman–Crippen MR) is 77.3 cm³/mol. The van der Waals surface area contributed by atoms with Gasteiger partial charge in [0, 0.05) is 7.11 Å². The quantitative estimate of drug-likeness (QED) is 0.488. The van der Waals surface area contributed by atoms with Crippen LogP contribution in [0.3, 0.4) is 0 Å². The molecular weight excluding hydrogens is 373 g/mol. The third-order valence-corrected chi connectivity index (χ3v) is 3.83. The number of esters is 1. The zero-order valence-corrected chi connectivity index (χ0v) is 14.1. The number of hydrogen-bond donors (Lipinski definition) is 0. The molecule has 0 aliphatic rings. The van der Waals surface area contributed by atoms with E-state index in [1.165, 1.54) is 12.1 Å². The molecule has 3 nitrogen and oxygen atoms in total. The molecular formula is C16H17F7O3. The average molecular weight is 390 g/mol. The molecule has 0 fully saturated rings. The van der Waals surface area contributed by atoms with Crippen molar-refractivity contribution in [2.45, 2.75) is 43.9 Å². The lowest BCUT2D eigenvalue weighted by molar-refractivity contribution is -0.361. The lowest BCUT2D eigenvalue weighted by Gasteiger charge is -2.36. The number of alkyl halides is 7. The van der Waals surface area contributed by atoms with Crippen LogP contribution in [-0.4, -0.2) is 37.7 Å². The number of carbonyl (C=O) groups excluding carboxylic acids is 1. The maximum Gasteiger partial charge on any atom is 0.459 e. The van der Waals surface area contributed by atoms with E-state index in [1.807, 2.05) is 0 Å². The molecule has 0 radical (unpaired) electrons. The van der Waals surface area contributed by atoms with Gasteiger partial charge in [-0.1, -0.05) is 12.1 Å². The molecule has 1 atom stereocenters. The fourth-order valence-electron chi connectivity index (χ4n) is 2.21. The van der Waals surface area contributed by atoms with Gasteiger partial charge in [0.2, 0.25) is 0 Å². The summed E-state index contributed by atoms with van der Waals surface area (Å²) in [5, 5.41) is 0. The van der Waals surface area contributed by atoms with Gasteiger partial charge in [0.05, 0.1) is 24.2 Å². The summed E-state index contributed by atoms with van der Waals surface area (Å²) in [6.45, 7) is 2.61. The van der Waals surface area contributed by atoms with Gasteiger partial charge >= 0.3 is 24.0 Å². The number of hydrogen-bond acceptors (Lipinski definition) is 3. The maximum absolute atomic E-state index is 13.7. The van der Waals surface area contributed by atoms with Crippen LogP contribution >= 0.6 is 0 Å². The number of ether oxygens (including phenoxy) is 2. The molecule has 0 saturated carbocycles. The predicted octanol–water partition coefficient (Wildman–Crippen LogP) is 4.95. The molecule has 0 saturated heterocycles. The SMILES string of the molecule is CCOC(=O)c1ccc(C(C)(CC(F)(F)C(F)(F)C(F)(F)F)OC)cc1. The van der Waals surface area contributed by atoms with Gasteiger partial charge in [-0.05, 0) is 31.5 Å². The molecule has 0 bridgehead atoms. The molecule has 0 spiro atoms. The van der Waals surface area contributed by atoms with E-state index < -0.39 is 36.0 Å². The van der Waals surface area contributed by atoms with Crippen molar-refractivity contribution in [3.05, 3.63) is 35.4 Å². The van der Waals surface area contributed by atoms with Crippen LogP contribution in [0.25, 0.3) is 0 Å². The third kappa shape index (κ3) is 4.28. The third-order valence-electron chi connectivity index (χ3n) is 3.83. The summed E-state index contributed by atoms with van der Waals surface area (Å²) in [7, 11) is 0.904. The van der Waals surface area contributed by atoms with Crippen LogP contribution in [-0.2, 0) is 15.1 Å². The highest BCUT2D eigenvalue weighted by Crippen LogP contribution is 2.51. The monoisotopic (exact) mass is 390 g/mol. The van der Waals surface area contributed by atoms with Crippen LogP contribution in [0, 0.1) is 0 Å². The highest BCUT2D eigenvalue weighted by Gasteiger charge is 2.73. The summed E-state index contributed by atoms with van der Waals surface area (Å²) < 4.78 is 100. The first kappa shape index (κ1) is 22.2. The lowest BCUT2D eigenvalue weighted by atomic mass is 9.86. The van der Waals surface area contributed by atoms with Crippen LogP contribution < -0.4 is 0 Å². The van der Waals surface area contributed by atoms with Crippen LogP contribution in [0.1, 0.15) is 36.2 Å². The number of benzene rings is 1. The Balaban J connectivity index is 3.17. The molecule has 1 unspecified atom stereocenters. The molecule has 1 rings (SSSR count). The van der Waals surface area contributed by atoms with Crippen LogP contribution in [0.2, 0.25) is 0 Å². The topological polar surface area (TPSA) is 35.5 Å². The van der Waals surface area contributed by atoms with Crippen molar-refractivity contribution < 1.29 is 45.0 Å². The van der Waals surface area contributed by atoms with Gasteiger partial charge in [0.25, 0.3) is 0 Å². The number of carbonyl (C=O) groups is 1. The van der Waals surface area contributed by atoms with Gasteiger partial charge in [-0.25, -0.2) is 4.79 Å². The zero-order valence-electron chi connectivity index (χ0n) is 14.1. The first-order chi connectivity index (χ1) is 11.7. The van der Waals surface area contributed by atoms with Crippen LogP contribution in [0.5, 0.6) is 0 Å². The molecule has 0 aliphatic heterocycles. The second kappa shape index (κ2) is 7.42. The average Bonchev–Trinajstić information content (AvgIpc) is 2.53. The summed E-state index contributed by atoms with van der Waals surface area (Å²) in [5.74, 6) is -12.4. The summed E-state index contributed by atoms with van der Waals surface area (Å²) in [6.07, 6.45) is -8.35. The molecule has 0 N–H and O–H groups in total. The second-order valence-corrected chi connectivity index (χ2v) is 5.69. The smallest absolute Gasteiger partial charge is 0.459 e. The van der Waals surface area contributed by atoms with Gasteiger partial charge < -0.3 is 9.47 Å². The Labute approximate surface area is 145 Å². The minimum atomic E-state index is -6.42. The molecule has 1 aromatic rings. The Kier molecular flexibility index (Phi) is 6.33. The van der Waals surface area contributed by atoms with E-state index >= 15 is 0 Å². The summed E-state index contributed by atoms with van der Waals surface area (Å²) in [6, 6.07) is 4.59. The van der Waals surface area contributed by atoms with Crippen molar-refractivity contribution in [2.24, 2.45) is 0 Å². The Morgan fingerprint density at radius 1 is 1.00 bits per heavy atom. The Morgan fingerprint density at radius 2 is 1.50 bits per heavy atom. The van der Waals surface area contributed by atoms with Crippen molar-refractivity contribution in [2.75, 3.05) is 13.7 Å². The van der Waals surface area contributed by atoms with Gasteiger partial charge in [-0.15, -0.1) is 0 Å². The number of methoxy groups -OCH3 is 1. The molecule has 26 heavy (non-hydrogen) atoms. The van der Waals surface area contributed by atoms with Crippen molar-refractivity contribution in [3.8, 4) is 0 Å². The van der Waals surface area contributed by atoms with E-state index in [0.29, 0.717) is 0 Å². The van der Waals surface area contributed by atoms with E-state index in [-0.39, 0.29) is 17.7 Å². The molecule has 0 aliphatic carbocycles. The Morgan fingerprint density at radius 3 is 1.88 bits per heavy atom. The standard InChI is InChI=1S/C16H17F7O3/c1-4-26-12(24)10-5-7-11(8-6-10)13(2,25-3)9-14(17,18)15(19,20)16(21,22)23/h5-8H,4,9H2,1-3H3. The molecule has 10 heteroatoms. The van der Waals surface area contributed by atoms with Crippen molar-refractivity contribution >= 4 is 5.97 Å². The molecule has 1 aromatic carbocycles. The van der Waals surface area contributed by atoms with Crippen LogP contribution in [0.4, 0.5) is 30.7 Å². The minimum Gasteiger partial charge on any atom is -0.462 e. The maximum atomic E-state index is 13.7.